The first-order chi connectivity index (χ1) is 13.9. The molecule has 0 saturated carbocycles. The number of aliphatic imine (C=N–C) groups is 1. The molecule has 0 unspecified atom stereocenters. The number of thioether (sulfide) groups is 2. The van der Waals surface area contributed by atoms with E-state index in [1.165, 1.54) is 34.1 Å². The Kier molecular flexibility index (Phi) is 5.23. The number of amidine groups is 2. The maximum atomic E-state index is 12.6. The summed E-state index contributed by atoms with van der Waals surface area (Å²) in [5.74, 6) is -0.333. The molecule has 0 bridgehead atoms. The molecule has 8 heteroatoms. The number of hydrazone groups is 1. The second-order valence-corrected chi connectivity index (χ2v) is 8.74. The number of fused-ring (bicyclic) bond motifs is 1. The Morgan fingerprint density at radius 3 is 2.76 bits per heavy atom. The van der Waals surface area contributed by atoms with Crippen LogP contribution in [0.15, 0.2) is 46.0 Å². The summed E-state index contributed by atoms with van der Waals surface area (Å²) in [5.41, 5.74) is 5.66. The fourth-order valence-corrected chi connectivity index (χ4v) is 4.89. The van der Waals surface area contributed by atoms with Gasteiger partial charge >= 0.3 is 0 Å². The van der Waals surface area contributed by atoms with Gasteiger partial charge in [-0.25, -0.2) is 0 Å². The second kappa shape index (κ2) is 7.68. The lowest BCUT2D eigenvalue weighted by molar-refractivity contribution is -0.114. The zero-order valence-corrected chi connectivity index (χ0v) is 18.3. The minimum Gasteiger partial charge on any atom is -0.318 e. The standard InChI is InChI=1S/C21H21N5OS2/c1-5-14-8-6-7-9-17(14)25-12(2)10-15(13(25)3)11-16-18(22)26-20(23-19(16)27)29-21(24-26)28-4/h6-11,22H,5H2,1-4H3. The zero-order valence-electron chi connectivity index (χ0n) is 16.7. The van der Waals surface area contributed by atoms with Crippen molar-refractivity contribution in [2.24, 2.45) is 10.1 Å². The van der Waals surface area contributed by atoms with Crippen LogP contribution in [0.5, 0.6) is 0 Å². The minimum atomic E-state index is -0.398. The SMILES string of the molecule is CCc1ccccc1-n1c(C)cc(C=C2C(=N)N3N=C(SC)SC3=NC2=O)c1C. The number of hydrogen-bond donors (Lipinski definition) is 1. The molecule has 2 aromatic rings. The average molecular weight is 424 g/mol. The number of aromatic nitrogens is 1. The van der Waals surface area contributed by atoms with Crippen LogP contribution in [-0.2, 0) is 11.2 Å². The number of rotatable bonds is 3. The molecule has 0 fully saturated rings. The van der Waals surface area contributed by atoms with Crippen LogP contribution < -0.4 is 0 Å². The molecule has 6 nitrogen and oxygen atoms in total. The van der Waals surface area contributed by atoms with Crippen LogP contribution in [0.1, 0.15) is 29.4 Å². The molecule has 3 heterocycles. The van der Waals surface area contributed by atoms with E-state index in [0.29, 0.717) is 5.17 Å². The highest BCUT2D eigenvalue weighted by molar-refractivity contribution is 8.45. The van der Waals surface area contributed by atoms with Crippen LogP contribution in [0.3, 0.4) is 0 Å². The third-order valence-electron chi connectivity index (χ3n) is 4.99. The number of nitrogens with one attached hydrogen (secondary N) is 1. The summed E-state index contributed by atoms with van der Waals surface area (Å²) in [6, 6.07) is 10.4. The molecule has 1 N–H and O–H groups in total. The number of carbonyl (C=O) groups is 1. The molecule has 0 radical (unpaired) electrons. The number of aryl methyl sites for hydroxylation is 2. The molecule has 29 heavy (non-hydrogen) atoms. The lowest BCUT2D eigenvalue weighted by Crippen LogP contribution is -2.35. The van der Waals surface area contributed by atoms with E-state index in [-0.39, 0.29) is 11.4 Å². The van der Waals surface area contributed by atoms with Crippen LogP contribution >= 0.6 is 23.5 Å². The predicted molar refractivity (Wildman–Crippen MR) is 123 cm³/mol. The van der Waals surface area contributed by atoms with E-state index in [1.54, 1.807) is 6.08 Å². The van der Waals surface area contributed by atoms with E-state index in [0.717, 1.165) is 33.4 Å². The summed E-state index contributed by atoms with van der Waals surface area (Å²) in [6.45, 7) is 6.23. The normalized spacial score (nSPS) is 17.7. The van der Waals surface area contributed by atoms with Gasteiger partial charge in [0.25, 0.3) is 5.91 Å². The smallest absolute Gasteiger partial charge is 0.283 e. The van der Waals surface area contributed by atoms with Crippen molar-refractivity contribution in [3.63, 3.8) is 0 Å². The van der Waals surface area contributed by atoms with Gasteiger partial charge in [0.05, 0.1) is 5.57 Å². The van der Waals surface area contributed by atoms with Crippen molar-refractivity contribution >= 4 is 50.9 Å². The first-order valence-corrected chi connectivity index (χ1v) is 11.3. The van der Waals surface area contributed by atoms with Crippen LogP contribution in [-0.4, -0.2) is 37.1 Å². The van der Waals surface area contributed by atoms with Crippen molar-refractivity contribution in [1.29, 1.82) is 5.41 Å². The molecule has 0 spiro atoms. The monoisotopic (exact) mass is 423 g/mol. The highest BCUT2D eigenvalue weighted by atomic mass is 32.2. The van der Waals surface area contributed by atoms with Gasteiger partial charge in [0.15, 0.2) is 10.2 Å². The molecule has 2 aliphatic heterocycles. The van der Waals surface area contributed by atoms with E-state index >= 15 is 0 Å². The van der Waals surface area contributed by atoms with Gasteiger partial charge in [0.2, 0.25) is 5.17 Å². The molecule has 0 atom stereocenters. The highest BCUT2D eigenvalue weighted by Crippen LogP contribution is 2.32. The number of benzene rings is 1. The number of nitrogens with zero attached hydrogens (tertiary/aromatic N) is 4. The average Bonchev–Trinajstić information content (AvgIpc) is 3.25. The maximum absolute atomic E-state index is 12.6. The molecule has 1 amide bonds. The van der Waals surface area contributed by atoms with Crippen LogP contribution in [0.2, 0.25) is 0 Å². The van der Waals surface area contributed by atoms with E-state index in [1.807, 2.05) is 25.3 Å². The summed E-state index contributed by atoms with van der Waals surface area (Å²) >= 11 is 2.79. The number of amides is 1. The molecule has 0 saturated heterocycles. The summed E-state index contributed by atoms with van der Waals surface area (Å²) in [4.78, 5) is 16.8. The second-order valence-electron chi connectivity index (χ2n) is 6.73. The molecule has 148 valence electrons. The molecule has 4 rings (SSSR count). The van der Waals surface area contributed by atoms with Crippen LogP contribution in [0.25, 0.3) is 11.8 Å². The van der Waals surface area contributed by atoms with Crippen molar-refractivity contribution in [3.8, 4) is 5.69 Å². The van der Waals surface area contributed by atoms with Gasteiger partial charge in [0.1, 0.15) is 0 Å². The summed E-state index contributed by atoms with van der Waals surface area (Å²) in [6.07, 6.45) is 4.61. The molecule has 2 aliphatic rings. The number of carbonyl (C=O) groups excluding carboxylic acids is 1. The Bertz CT molecular complexity index is 1130. The lowest BCUT2D eigenvalue weighted by atomic mass is 10.1. The van der Waals surface area contributed by atoms with Crippen molar-refractivity contribution < 1.29 is 4.79 Å². The van der Waals surface area contributed by atoms with Crippen LogP contribution in [0, 0.1) is 19.3 Å². The van der Waals surface area contributed by atoms with E-state index in [4.69, 9.17) is 5.41 Å². The van der Waals surface area contributed by atoms with Crippen molar-refractivity contribution in [3.05, 3.63) is 58.4 Å². The first kappa shape index (κ1) is 19.7. The van der Waals surface area contributed by atoms with Crippen molar-refractivity contribution in [2.45, 2.75) is 27.2 Å². The quantitative estimate of drug-likeness (QED) is 0.733. The van der Waals surface area contributed by atoms with Gasteiger partial charge in [-0.2, -0.15) is 10.0 Å². The molecule has 1 aromatic carbocycles. The predicted octanol–water partition coefficient (Wildman–Crippen LogP) is 4.60. The fraction of sp³-hybridized carbons (Fsp3) is 0.238. The number of para-hydroxylation sites is 1. The Morgan fingerprint density at radius 1 is 1.28 bits per heavy atom. The topological polar surface area (TPSA) is 73.8 Å². The molecule has 1 aromatic heterocycles. The van der Waals surface area contributed by atoms with Gasteiger partial charge < -0.3 is 4.57 Å². The Balaban J connectivity index is 1.78. The molecular formula is C21H21N5OS2. The fourth-order valence-electron chi connectivity index (χ4n) is 3.54. The third kappa shape index (κ3) is 3.36. The Morgan fingerprint density at radius 2 is 2.03 bits per heavy atom. The van der Waals surface area contributed by atoms with Crippen molar-refractivity contribution in [1.82, 2.24) is 9.58 Å². The summed E-state index contributed by atoms with van der Waals surface area (Å²) < 4.78 is 2.98. The highest BCUT2D eigenvalue weighted by Gasteiger charge is 2.35. The Labute approximate surface area is 178 Å². The van der Waals surface area contributed by atoms with Gasteiger partial charge in [0, 0.05) is 17.1 Å². The van der Waals surface area contributed by atoms with Crippen molar-refractivity contribution in [2.75, 3.05) is 6.26 Å². The first-order valence-electron chi connectivity index (χ1n) is 9.26. The van der Waals surface area contributed by atoms with Gasteiger partial charge in [-0.05, 0) is 67.6 Å². The summed E-state index contributed by atoms with van der Waals surface area (Å²) in [7, 11) is 0. The van der Waals surface area contributed by atoms with Gasteiger partial charge in [-0.1, -0.05) is 25.1 Å². The van der Waals surface area contributed by atoms with E-state index in [9.17, 15) is 4.79 Å². The van der Waals surface area contributed by atoms with E-state index < -0.39 is 5.91 Å². The molecular weight excluding hydrogens is 402 g/mol. The number of hydrogen-bond acceptors (Lipinski definition) is 5. The van der Waals surface area contributed by atoms with Gasteiger partial charge in [-0.15, -0.1) is 16.9 Å². The van der Waals surface area contributed by atoms with Crippen LogP contribution in [0.4, 0.5) is 0 Å². The maximum Gasteiger partial charge on any atom is 0.283 e. The summed E-state index contributed by atoms with van der Waals surface area (Å²) in [5, 5.41) is 14.8. The molecule has 0 aliphatic carbocycles. The minimum absolute atomic E-state index is 0.0651. The Hall–Kier alpha value is -2.58. The third-order valence-corrected chi connectivity index (χ3v) is 6.88. The van der Waals surface area contributed by atoms with Gasteiger partial charge in [-0.3, -0.25) is 10.2 Å². The zero-order chi connectivity index (χ0) is 20.7. The lowest BCUT2D eigenvalue weighted by Gasteiger charge is -2.20. The largest absolute Gasteiger partial charge is 0.318 e. The van der Waals surface area contributed by atoms with E-state index in [2.05, 4.69) is 46.7 Å².